The van der Waals surface area contributed by atoms with Crippen LogP contribution in [-0.4, -0.2) is 0 Å². The molecule has 0 amide bonds. The van der Waals surface area contributed by atoms with Crippen LogP contribution in [0.3, 0.4) is 0 Å². The van der Waals surface area contributed by atoms with Gasteiger partial charge in [-0.1, -0.05) is 72.5 Å². The Balaban J connectivity index is 2.66. The molecule has 2 atom stereocenters. The van der Waals surface area contributed by atoms with Crippen molar-refractivity contribution in [2.75, 3.05) is 0 Å². The average molecular weight is 258 g/mol. The van der Waals surface area contributed by atoms with Gasteiger partial charge in [0.15, 0.2) is 0 Å². The highest BCUT2D eigenvalue weighted by Gasteiger charge is 2.44. The molecule has 0 radical (unpaired) electrons. The molecule has 0 aliphatic heterocycles. The minimum absolute atomic E-state index is 0.565. The van der Waals surface area contributed by atoms with E-state index in [0.717, 1.165) is 11.1 Å². The molecule has 2 aromatic rings. The third kappa shape index (κ3) is 2.01. The molecule has 0 aliphatic rings. The van der Waals surface area contributed by atoms with E-state index in [9.17, 15) is 0 Å². The predicted molar refractivity (Wildman–Crippen MR) is 85.3 cm³/mol. The fraction of sp³-hybridized carbons (Fsp3) is 0.200. The van der Waals surface area contributed by atoms with Gasteiger partial charge in [-0.15, -0.1) is 12.8 Å². The lowest BCUT2D eigenvalue weighted by molar-refractivity contribution is 0.417. The van der Waals surface area contributed by atoms with Crippen molar-refractivity contribution in [1.82, 2.24) is 0 Å². The Kier molecular flexibility index (Phi) is 3.69. The number of terminal acetylenes is 2. The highest BCUT2D eigenvalue weighted by molar-refractivity contribution is 5.49. The van der Waals surface area contributed by atoms with Gasteiger partial charge in [-0.3, -0.25) is 0 Å². The minimum Gasteiger partial charge on any atom is -0.119 e. The molecule has 20 heavy (non-hydrogen) atoms. The summed E-state index contributed by atoms with van der Waals surface area (Å²) in [5.74, 6) is 5.88. The zero-order chi connectivity index (χ0) is 14.6. The van der Waals surface area contributed by atoms with Gasteiger partial charge >= 0.3 is 0 Å². The summed E-state index contributed by atoms with van der Waals surface area (Å²) in [6.07, 6.45) is 11.8. The maximum atomic E-state index is 5.89. The first-order valence-corrected chi connectivity index (χ1v) is 6.65. The van der Waals surface area contributed by atoms with Crippen molar-refractivity contribution in [3.8, 4) is 24.7 Å². The molecule has 0 heterocycles. The van der Waals surface area contributed by atoms with Crippen molar-refractivity contribution in [2.24, 2.45) is 0 Å². The Bertz CT molecular complexity index is 593. The molecule has 0 nitrogen and oxygen atoms in total. The number of hydrogen-bond acceptors (Lipinski definition) is 0. The van der Waals surface area contributed by atoms with Crippen LogP contribution in [0.1, 0.15) is 25.0 Å². The van der Waals surface area contributed by atoms with Gasteiger partial charge in [0.05, 0.1) is 10.8 Å². The first-order valence-electron chi connectivity index (χ1n) is 6.65. The quantitative estimate of drug-likeness (QED) is 0.725. The van der Waals surface area contributed by atoms with E-state index >= 15 is 0 Å². The second-order valence-electron chi connectivity index (χ2n) is 5.27. The van der Waals surface area contributed by atoms with Crippen molar-refractivity contribution in [2.45, 2.75) is 24.7 Å². The van der Waals surface area contributed by atoms with E-state index in [1.165, 1.54) is 0 Å². The molecule has 2 unspecified atom stereocenters. The molecule has 0 aliphatic carbocycles. The van der Waals surface area contributed by atoms with Crippen LogP contribution in [-0.2, 0) is 10.8 Å². The van der Waals surface area contributed by atoms with Crippen LogP contribution >= 0.6 is 0 Å². The summed E-state index contributed by atoms with van der Waals surface area (Å²) in [7, 11) is 0. The SMILES string of the molecule is C#CC(C)(c1ccccc1)C(C)(C#C)c1ccccc1. The molecule has 0 saturated carbocycles. The summed E-state index contributed by atoms with van der Waals surface area (Å²) >= 11 is 0. The lowest BCUT2D eigenvalue weighted by atomic mass is 9.60. The van der Waals surface area contributed by atoms with Crippen molar-refractivity contribution < 1.29 is 0 Å². The van der Waals surface area contributed by atoms with E-state index in [4.69, 9.17) is 12.8 Å². The Labute approximate surface area is 121 Å². The topological polar surface area (TPSA) is 0 Å². The lowest BCUT2D eigenvalue weighted by Gasteiger charge is -2.40. The summed E-state index contributed by atoms with van der Waals surface area (Å²) < 4.78 is 0. The molecular weight excluding hydrogens is 240 g/mol. The molecule has 2 rings (SSSR count). The first kappa shape index (κ1) is 14.0. The molecule has 98 valence electrons. The van der Waals surface area contributed by atoms with E-state index in [-0.39, 0.29) is 0 Å². The Hall–Kier alpha value is -2.44. The van der Waals surface area contributed by atoms with Crippen molar-refractivity contribution >= 4 is 0 Å². The van der Waals surface area contributed by atoms with Gasteiger partial charge in [0, 0.05) is 0 Å². The molecule has 0 fully saturated rings. The van der Waals surface area contributed by atoms with Crippen LogP contribution in [0.25, 0.3) is 0 Å². The van der Waals surface area contributed by atoms with Crippen molar-refractivity contribution in [3.05, 3.63) is 71.8 Å². The van der Waals surface area contributed by atoms with Crippen molar-refractivity contribution in [3.63, 3.8) is 0 Å². The fourth-order valence-corrected chi connectivity index (χ4v) is 2.58. The smallest absolute Gasteiger partial charge is 0.0735 e. The van der Waals surface area contributed by atoms with Crippen LogP contribution in [0.15, 0.2) is 60.7 Å². The zero-order valence-electron chi connectivity index (χ0n) is 11.9. The fourth-order valence-electron chi connectivity index (χ4n) is 2.58. The average Bonchev–Trinajstić information content (AvgIpc) is 2.54. The van der Waals surface area contributed by atoms with E-state index in [1.807, 2.05) is 74.5 Å². The van der Waals surface area contributed by atoms with E-state index < -0.39 is 10.8 Å². The molecule has 0 bridgehead atoms. The Morgan fingerprint density at radius 3 is 1.20 bits per heavy atom. The van der Waals surface area contributed by atoms with Crippen LogP contribution in [0.4, 0.5) is 0 Å². The number of benzene rings is 2. The predicted octanol–water partition coefficient (Wildman–Crippen LogP) is 4.17. The van der Waals surface area contributed by atoms with Crippen molar-refractivity contribution in [1.29, 1.82) is 0 Å². The lowest BCUT2D eigenvalue weighted by Crippen LogP contribution is -2.43. The second-order valence-corrected chi connectivity index (χ2v) is 5.27. The Morgan fingerprint density at radius 1 is 0.650 bits per heavy atom. The van der Waals surface area contributed by atoms with Gasteiger partial charge in [0.25, 0.3) is 0 Å². The summed E-state index contributed by atoms with van der Waals surface area (Å²) in [5.41, 5.74) is 0.993. The van der Waals surface area contributed by atoms with Crippen LogP contribution in [0, 0.1) is 24.7 Å². The largest absolute Gasteiger partial charge is 0.119 e. The molecule has 0 saturated heterocycles. The highest BCUT2D eigenvalue weighted by atomic mass is 14.4. The van der Waals surface area contributed by atoms with Crippen LogP contribution < -0.4 is 0 Å². The monoisotopic (exact) mass is 258 g/mol. The van der Waals surface area contributed by atoms with Gasteiger partial charge in [-0.2, -0.15) is 0 Å². The second kappa shape index (κ2) is 5.28. The third-order valence-electron chi connectivity index (χ3n) is 4.28. The normalized spacial score (nSPS) is 16.2. The van der Waals surface area contributed by atoms with Gasteiger partial charge < -0.3 is 0 Å². The maximum absolute atomic E-state index is 5.89. The van der Waals surface area contributed by atoms with Gasteiger partial charge in [0.1, 0.15) is 0 Å². The van der Waals surface area contributed by atoms with Gasteiger partial charge in [-0.25, -0.2) is 0 Å². The molecule has 0 N–H and O–H groups in total. The van der Waals surface area contributed by atoms with Crippen LogP contribution in [0.2, 0.25) is 0 Å². The van der Waals surface area contributed by atoms with Gasteiger partial charge in [-0.05, 0) is 25.0 Å². The molecule has 0 spiro atoms. The molecule has 0 heteroatoms. The van der Waals surface area contributed by atoms with E-state index in [2.05, 4.69) is 11.8 Å². The van der Waals surface area contributed by atoms with Crippen LogP contribution in [0.5, 0.6) is 0 Å². The zero-order valence-corrected chi connectivity index (χ0v) is 11.9. The maximum Gasteiger partial charge on any atom is 0.0735 e. The number of rotatable bonds is 3. The highest BCUT2D eigenvalue weighted by Crippen LogP contribution is 2.43. The summed E-state index contributed by atoms with van der Waals surface area (Å²) in [5, 5.41) is 0. The summed E-state index contributed by atoms with van der Waals surface area (Å²) in [6, 6.07) is 20.1. The summed E-state index contributed by atoms with van der Waals surface area (Å²) in [6.45, 7) is 4.07. The molecule has 2 aromatic carbocycles. The van der Waals surface area contributed by atoms with E-state index in [0.29, 0.717) is 0 Å². The van der Waals surface area contributed by atoms with Gasteiger partial charge in [0.2, 0.25) is 0 Å². The van der Waals surface area contributed by atoms with E-state index in [1.54, 1.807) is 0 Å². The number of hydrogen-bond donors (Lipinski definition) is 0. The molecular formula is C20H18. The standard InChI is InChI=1S/C20H18/c1-5-19(3,17-13-9-7-10-14-17)20(4,6-2)18-15-11-8-12-16-18/h1-2,7-16H,3-4H3. The third-order valence-corrected chi connectivity index (χ3v) is 4.28. The summed E-state index contributed by atoms with van der Waals surface area (Å²) in [4.78, 5) is 0. The Morgan fingerprint density at radius 2 is 0.950 bits per heavy atom. The first-order chi connectivity index (χ1) is 9.58. The minimum atomic E-state index is -0.565. The molecule has 0 aromatic heterocycles.